The van der Waals surface area contributed by atoms with E-state index in [1.165, 1.54) is 11.3 Å². The van der Waals surface area contributed by atoms with Gasteiger partial charge < -0.3 is 10.1 Å². The van der Waals surface area contributed by atoms with Gasteiger partial charge in [-0.15, -0.1) is 0 Å². The Kier molecular flexibility index (Phi) is 3.28. The first-order chi connectivity index (χ1) is 9.28. The molecule has 0 fully saturated rings. The number of fused-ring (bicyclic) bond motifs is 1. The molecule has 1 N–H and O–H groups in total. The Hall–Kier alpha value is -1.77. The van der Waals surface area contributed by atoms with Crippen LogP contribution in [0.1, 0.15) is 22.9 Å². The molecule has 0 radical (unpaired) electrons. The van der Waals surface area contributed by atoms with Crippen molar-refractivity contribution in [1.29, 1.82) is 5.26 Å². The summed E-state index contributed by atoms with van der Waals surface area (Å²) in [6, 6.07) is 10.1. The van der Waals surface area contributed by atoms with E-state index in [9.17, 15) is 0 Å². The maximum absolute atomic E-state index is 8.88. The first kappa shape index (κ1) is 12.3. The Labute approximate surface area is 119 Å². The molecule has 1 aromatic carbocycles. The molecule has 6 heteroatoms. The zero-order valence-electron chi connectivity index (χ0n) is 9.89. The van der Waals surface area contributed by atoms with Gasteiger partial charge >= 0.3 is 0 Å². The number of benzene rings is 1. The number of ether oxygens (including phenoxy) is 1. The lowest BCUT2D eigenvalue weighted by molar-refractivity contribution is 0.274. The number of hydrogen-bond acceptors (Lipinski definition) is 5. The molecule has 2 heterocycles. The van der Waals surface area contributed by atoms with Gasteiger partial charge in [-0.05, 0) is 6.07 Å². The highest BCUT2D eigenvalue weighted by atomic mass is 35.5. The van der Waals surface area contributed by atoms with E-state index in [0.29, 0.717) is 16.6 Å². The van der Waals surface area contributed by atoms with Crippen molar-refractivity contribution in [3.63, 3.8) is 0 Å². The van der Waals surface area contributed by atoms with Crippen LogP contribution in [0.2, 0.25) is 5.15 Å². The highest BCUT2D eigenvalue weighted by molar-refractivity contribution is 7.16. The lowest BCUT2D eigenvalue weighted by Crippen LogP contribution is -2.20. The molecular formula is C13H10ClN3OS. The summed E-state index contributed by atoms with van der Waals surface area (Å²) in [6.07, 6.45) is 0.857. The first-order valence-corrected chi connectivity index (χ1v) is 7.02. The van der Waals surface area contributed by atoms with Crippen LogP contribution in [-0.2, 0) is 0 Å². The number of nitrogens with zero attached hydrogens (tertiary/aromatic N) is 2. The zero-order valence-corrected chi connectivity index (χ0v) is 11.5. The lowest BCUT2D eigenvalue weighted by Gasteiger charge is -2.26. The van der Waals surface area contributed by atoms with Crippen molar-refractivity contribution in [2.24, 2.45) is 0 Å². The number of thiazole rings is 1. The topological polar surface area (TPSA) is 57.9 Å². The molecule has 19 heavy (non-hydrogen) atoms. The normalized spacial score (nSPS) is 17.2. The number of halogens is 1. The highest BCUT2D eigenvalue weighted by Crippen LogP contribution is 2.36. The molecular weight excluding hydrogens is 282 g/mol. The van der Waals surface area contributed by atoms with Crippen LogP contribution in [0, 0.1) is 11.3 Å². The van der Waals surface area contributed by atoms with Crippen LogP contribution in [0.3, 0.4) is 0 Å². The number of nitrogens with one attached hydrogen (secondary N) is 1. The minimum atomic E-state index is 0.138. The van der Waals surface area contributed by atoms with Gasteiger partial charge in [0.2, 0.25) is 0 Å². The SMILES string of the molecule is N#Cc1sc(NC2CCOc3ccccc32)nc1Cl. The Morgan fingerprint density at radius 3 is 3.11 bits per heavy atom. The van der Waals surface area contributed by atoms with Gasteiger partial charge in [-0.3, -0.25) is 0 Å². The second kappa shape index (κ2) is 5.08. The number of hydrogen-bond donors (Lipinski definition) is 1. The monoisotopic (exact) mass is 291 g/mol. The second-order valence-electron chi connectivity index (χ2n) is 4.12. The molecule has 0 bridgehead atoms. The fourth-order valence-electron chi connectivity index (χ4n) is 2.07. The average molecular weight is 292 g/mol. The lowest BCUT2D eigenvalue weighted by atomic mass is 10.0. The Morgan fingerprint density at radius 2 is 2.32 bits per heavy atom. The highest BCUT2D eigenvalue weighted by Gasteiger charge is 2.22. The summed E-state index contributed by atoms with van der Waals surface area (Å²) >= 11 is 7.15. The zero-order chi connectivity index (χ0) is 13.2. The van der Waals surface area contributed by atoms with Crippen LogP contribution >= 0.6 is 22.9 Å². The quantitative estimate of drug-likeness (QED) is 0.918. The number of aromatic nitrogens is 1. The van der Waals surface area contributed by atoms with Gasteiger partial charge in [0.1, 0.15) is 16.7 Å². The van der Waals surface area contributed by atoms with Crippen molar-refractivity contribution in [2.45, 2.75) is 12.5 Å². The number of rotatable bonds is 2. The molecule has 4 nitrogen and oxygen atoms in total. The predicted octanol–water partition coefficient (Wildman–Crippen LogP) is 3.60. The Bertz CT molecular complexity index is 650. The maximum Gasteiger partial charge on any atom is 0.185 e. The summed E-state index contributed by atoms with van der Waals surface area (Å²) in [4.78, 5) is 4.59. The summed E-state index contributed by atoms with van der Waals surface area (Å²) in [5.41, 5.74) is 1.11. The third-order valence-electron chi connectivity index (χ3n) is 2.94. The fraction of sp³-hybridized carbons (Fsp3) is 0.231. The van der Waals surface area contributed by atoms with Crippen molar-refractivity contribution in [3.8, 4) is 11.8 Å². The molecule has 0 saturated heterocycles. The molecule has 1 aliphatic rings. The minimum absolute atomic E-state index is 0.138. The summed E-state index contributed by atoms with van der Waals surface area (Å²) in [5, 5.41) is 13.1. The van der Waals surface area contributed by atoms with E-state index < -0.39 is 0 Å². The van der Waals surface area contributed by atoms with Crippen LogP contribution in [0.15, 0.2) is 24.3 Å². The third kappa shape index (κ3) is 2.37. The fourth-order valence-corrected chi connectivity index (χ4v) is 3.07. The van der Waals surface area contributed by atoms with Gasteiger partial charge in [-0.1, -0.05) is 41.1 Å². The molecule has 0 aliphatic carbocycles. The van der Waals surface area contributed by atoms with Crippen molar-refractivity contribution < 1.29 is 4.74 Å². The van der Waals surface area contributed by atoms with Gasteiger partial charge in [0.05, 0.1) is 12.6 Å². The van der Waals surface area contributed by atoms with Crippen LogP contribution in [0.4, 0.5) is 5.13 Å². The van der Waals surface area contributed by atoms with Gasteiger partial charge in [0.25, 0.3) is 0 Å². The minimum Gasteiger partial charge on any atom is -0.493 e. The summed E-state index contributed by atoms with van der Waals surface area (Å²) in [5.74, 6) is 0.898. The molecule has 1 unspecified atom stereocenters. The predicted molar refractivity (Wildman–Crippen MR) is 74.8 cm³/mol. The number of nitriles is 1. The summed E-state index contributed by atoms with van der Waals surface area (Å²) < 4.78 is 5.61. The average Bonchev–Trinajstić information content (AvgIpc) is 2.79. The molecule has 96 valence electrons. The van der Waals surface area contributed by atoms with Crippen LogP contribution in [-0.4, -0.2) is 11.6 Å². The van der Waals surface area contributed by atoms with Crippen molar-refractivity contribution >= 4 is 28.1 Å². The Balaban J connectivity index is 1.86. The van der Waals surface area contributed by atoms with Crippen molar-refractivity contribution in [2.75, 3.05) is 11.9 Å². The van der Waals surface area contributed by atoms with Crippen molar-refractivity contribution in [3.05, 3.63) is 39.9 Å². The van der Waals surface area contributed by atoms with E-state index in [2.05, 4.69) is 10.3 Å². The summed E-state index contributed by atoms with van der Waals surface area (Å²) in [7, 11) is 0. The largest absolute Gasteiger partial charge is 0.493 e. The van der Waals surface area contributed by atoms with Gasteiger partial charge in [0.15, 0.2) is 10.3 Å². The smallest absolute Gasteiger partial charge is 0.185 e. The standard InChI is InChI=1S/C13H10ClN3OS/c14-12-11(7-15)19-13(17-12)16-9-5-6-18-10-4-2-1-3-8(9)10/h1-4,9H,5-6H2,(H,16,17). The van der Waals surface area contributed by atoms with Gasteiger partial charge in [-0.25, -0.2) is 4.98 Å². The van der Waals surface area contributed by atoms with Crippen molar-refractivity contribution in [1.82, 2.24) is 4.98 Å². The maximum atomic E-state index is 8.88. The molecule has 2 aromatic rings. The molecule has 0 spiro atoms. The summed E-state index contributed by atoms with van der Waals surface area (Å²) in [6.45, 7) is 0.666. The third-order valence-corrected chi connectivity index (χ3v) is 4.22. The molecule has 1 aliphatic heterocycles. The molecule has 0 saturated carbocycles. The van der Waals surface area contributed by atoms with Crippen LogP contribution < -0.4 is 10.1 Å². The molecule has 0 amide bonds. The van der Waals surface area contributed by atoms with E-state index in [0.717, 1.165) is 17.7 Å². The molecule has 1 aromatic heterocycles. The van der Waals surface area contributed by atoms with Crippen LogP contribution in [0.5, 0.6) is 5.75 Å². The van der Waals surface area contributed by atoms with Gasteiger partial charge in [-0.2, -0.15) is 5.26 Å². The molecule has 1 atom stereocenters. The Morgan fingerprint density at radius 1 is 1.47 bits per heavy atom. The van der Waals surface area contributed by atoms with E-state index in [1.54, 1.807) is 0 Å². The van der Waals surface area contributed by atoms with E-state index in [4.69, 9.17) is 21.6 Å². The number of anilines is 1. The molecule has 3 rings (SSSR count). The van der Waals surface area contributed by atoms with E-state index in [1.807, 2.05) is 30.3 Å². The van der Waals surface area contributed by atoms with Gasteiger partial charge in [0, 0.05) is 12.0 Å². The van der Waals surface area contributed by atoms with Crippen LogP contribution in [0.25, 0.3) is 0 Å². The number of para-hydroxylation sites is 1. The van der Waals surface area contributed by atoms with E-state index in [-0.39, 0.29) is 11.2 Å². The second-order valence-corrected chi connectivity index (χ2v) is 5.48. The first-order valence-electron chi connectivity index (χ1n) is 5.82. The van der Waals surface area contributed by atoms with E-state index >= 15 is 0 Å².